The maximum Gasteiger partial charge on any atom is 0.244 e. The first-order valence-electron chi connectivity index (χ1n) is 8.41. The molecule has 0 aliphatic rings. The second kappa shape index (κ2) is 7.55. The Morgan fingerprint density at radius 3 is 2.48 bits per heavy atom. The number of carbonyl (C=O) groups is 1. The third-order valence-electron chi connectivity index (χ3n) is 4.08. The van der Waals surface area contributed by atoms with E-state index in [0.29, 0.717) is 22.0 Å². The summed E-state index contributed by atoms with van der Waals surface area (Å²) in [7, 11) is 0. The molecule has 2 aromatic heterocycles. The van der Waals surface area contributed by atoms with E-state index in [1.807, 2.05) is 54.2 Å². The van der Waals surface area contributed by atoms with Gasteiger partial charge < -0.3 is 9.88 Å². The van der Waals surface area contributed by atoms with Crippen LogP contribution in [0.5, 0.6) is 0 Å². The summed E-state index contributed by atoms with van der Waals surface area (Å²) in [4.78, 5) is 16.9. The van der Waals surface area contributed by atoms with Crippen LogP contribution in [0.1, 0.15) is 0 Å². The topological polar surface area (TPSA) is 46.9 Å². The minimum absolute atomic E-state index is 0.122. The monoisotopic (exact) mass is 377 g/mol. The molecule has 2 aromatic carbocycles. The van der Waals surface area contributed by atoms with Crippen molar-refractivity contribution in [2.45, 2.75) is 6.54 Å². The molecule has 134 valence electrons. The van der Waals surface area contributed by atoms with Gasteiger partial charge in [-0.3, -0.25) is 4.79 Å². The molecule has 0 saturated carbocycles. The molecular formula is C21H16FN3OS. The molecular weight excluding hydrogens is 361 g/mol. The van der Waals surface area contributed by atoms with Crippen molar-refractivity contribution in [1.82, 2.24) is 9.55 Å². The number of nitrogens with zero attached hydrogens (tertiary/aromatic N) is 2. The highest BCUT2D eigenvalue weighted by Crippen LogP contribution is 2.33. The average Bonchev–Trinajstić information content (AvgIpc) is 3.34. The lowest BCUT2D eigenvalue weighted by molar-refractivity contribution is -0.116. The third kappa shape index (κ3) is 3.80. The van der Waals surface area contributed by atoms with E-state index in [2.05, 4.69) is 10.3 Å². The van der Waals surface area contributed by atoms with Crippen LogP contribution in [0.2, 0.25) is 0 Å². The van der Waals surface area contributed by atoms with Crippen molar-refractivity contribution in [2.24, 2.45) is 0 Å². The van der Waals surface area contributed by atoms with Gasteiger partial charge in [0.2, 0.25) is 5.91 Å². The highest BCUT2D eigenvalue weighted by molar-refractivity contribution is 7.13. The van der Waals surface area contributed by atoms with Crippen molar-refractivity contribution >= 4 is 22.9 Å². The van der Waals surface area contributed by atoms with Crippen molar-refractivity contribution in [3.63, 3.8) is 0 Å². The van der Waals surface area contributed by atoms with Gasteiger partial charge in [-0.15, -0.1) is 11.3 Å². The fourth-order valence-electron chi connectivity index (χ4n) is 2.80. The molecule has 0 bridgehead atoms. The number of hydrogen-bond donors (Lipinski definition) is 1. The predicted molar refractivity (Wildman–Crippen MR) is 106 cm³/mol. The number of para-hydroxylation sites is 1. The zero-order valence-corrected chi connectivity index (χ0v) is 15.1. The van der Waals surface area contributed by atoms with Crippen molar-refractivity contribution in [2.75, 3.05) is 5.32 Å². The van der Waals surface area contributed by atoms with Gasteiger partial charge in [-0.1, -0.05) is 30.3 Å². The van der Waals surface area contributed by atoms with Gasteiger partial charge in [-0.2, -0.15) is 0 Å². The molecule has 4 nitrogen and oxygen atoms in total. The number of thiazole rings is 1. The number of anilines is 1. The lowest BCUT2D eigenvalue weighted by atomic mass is 10.1. The summed E-state index contributed by atoms with van der Waals surface area (Å²) in [6, 6.07) is 17.8. The molecule has 0 saturated heterocycles. The smallest absolute Gasteiger partial charge is 0.244 e. The van der Waals surface area contributed by atoms with Crippen molar-refractivity contribution in [3.8, 4) is 21.8 Å². The summed E-state index contributed by atoms with van der Waals surface area (Å²) in [6.45, 7) is 0.235. The van der Waals surface area contributed by atoms with Crippen molar-refractivity contribution in [1.29, 1.82) is 0 Å². The van der Waals surface area contributed by atoms with E-state index in [1.54, 1.807) is 22.8 Å². The Morgan fingerprint density at radius 1 is 1.00 bits per heavy atom. The van der Waals surface area contributed by atoms with E-state index >= 15 is 0 Å². The van der Waals surface area contributed by atoms with Gasteiger partial charge in [-0.05, 0) is 30.3 Å². The molecule has 27 heavy (non-hydrogen) atoms. The van der Waals surface area contributed by atoms with E-state index in [9.17, 15) is 9.18 Å². The lowest BCUT2D eigenvalue weighted by Crippen LogP contribution is -2.18. The SMILES string of the molecule is O=C(Cn1cccc1)Nc1ccccc1-c1csc(-c2ccccc2F)n1. The summed E-state index contributed by atoms with van der Waals surface area (Å²) in [5.41, 5.74) is 2.66. The summed E-state index contributed by atoms with van der Waals surface area (Å²) in [5, 5.41) is 5.42. The van der Waals surface area contributed by atoms with Gasteiger partial charge in [0.15, 0.2) is 0 Å². The molecule has 0 radical (unpaired) electrons. The number of amides is 1. The normalized spacial score (nSPS) is 10.7. The van der Waals surface area contributed by atoms with Crippen LogP contribution in [0.4, 0.5) is 10.1 Å². The minimum Gasteiger partial charge on any atom is -0.345 e. The molecule has 4 aromatic rings. The van der Waals surface area contributed by atoms with E-state index in [4.69, 9.17) is 0 Å². The summed E-state index contributed by atoms with van der Waals surface area (Å²) in [6.07, 6.45) is 3.68. The number of halogens is 1. The number of hydrogen-bond acceptors (Lipinski definition) is 3. The Morgan fingerprint density at radius 2 is 1.70 bits per heavy atom. The zero-order chi connectivity index (χ0) is 18.6. The van der Waals surface area contributed by atoms with Gasteiger partial charge in [0.25, 0.3) is 0 Å². The molecule has 0 aliphatic heterocycles. The van der Waals surface area contributed by atoms with E-state index in [1.165, 1.54) is 17.4 Å². The average molecular weight is 377 g/mol. The fourth-order valence-corrected chi connectivity index (χ4v) is 3.65. The molecule has 0 aliphatic carbocycles. The molecule has 2 heterocycles. The molecule has 6 heteroatoms. The summed E-state index contributed by atoms with van der Waals surface area (Å²) < 4.78 is 15.8. The van der Waals surface area contributed by atoms with Gasteiger partial charge in [-0.25, -0.2) is 9.37 Å². The molecule has 0 spiro atoms. The zero-order valence-electron chi connectivity index (χ0n) is 14.3. The molecule has 1 amide bonds. The fraction of sp³-hybridized carbons (Fsp3) is 0.0476. The Balaban J connectivity index is 1.60. The van der Waals surface area contributed by atoms with E-state index < -0.39 is 0 Å². The van der Waals surface area contributed by atoms with Gasteiger partial charge in [0, 0.05) is 28.9 Å². The maximum atomic E-state index is 14.0. The van der Waals surface area contributed by atoms with Crippen LogP contribution in [-0.2, 0) is 11.3 Å². The molecule has 0 atom stereocenters. The van der Waals surface area contributed by atoms with Crippen molar-refractivity contribution in [3.05, 3.63) is 84.3 Å². The summed E-state index contributed by atoms with van der Waals surface area (Å²) >= 11 is 1.38. The van der Waals surface area contributed by atoms with Gasteiger partial charge in [0.05, 0.1) is 11.4 Å². The van der Waals surface area contributed by atoms with E-state index in [-0.39, 0.29) is 18.3 Å². The number of aromatic nitrogens is 2. The highest BCUT2D eigenvalue weighted by Gasteiger charge is 2.14. The number of rotatable bonds is 5. The summed E-state index contributed by atoms with van der Waals surface area (Å²) in [5.74, 6) is -0.421. The Kier molecular flexibility index (Phi) is 4.80. The van der Waals surface area contributed by atoms with Crippen LogP contribution < -0.4 is 5.32 Å². The quantitative estimate of drug-likeness (QED) is 0.529. The first-order valence-corrected chi connectivity index (χ1v) is 9.29. The first kappa shape index (κ1) is 17.2. The highest BCUT2D eigenvalue weighted by atomic mass is 32.1. The number of nitrogens with one attached hydrogen (secondary N) is 1. The Bertz CT molecular complexity index is 1070. The second-order valence-electron chi connectivity index (χ2n) is 5.97. The molecule has 1 N–H and O–H groups in total. The van der Waals surface area contributed by atoms with Gasteiger partial charge >= 0.3 is 0 Å². The predicted octanol–water partition coefficient (Wildman–Crippen LogP) is 5.06. The lowest BCUT2D eigenvalue weighted by Gasteiger charge is -2.10. The van der Waals surface area contributed by atoms with Crippen LogP contribution in [0.25, 0.3) is 21.8 Å². The molecule has 0 unspecified atom stereocenters. The number of carbonyl (C=O) groups excluding carboxylic acids is 1. The number of benzene rings is 2. The van der Waals surface area contributed by atoms with Crippen LogP contribution in [0.15, 0.2) is 78.4 Å². The minimum atomic E-state index is -0.299. The second-order valence-corrected chi connectivity index (χ2v) is 6.82. The van der Waals surface area contributed by atoms with E-state index in [0.717, 1.165) is 5.56 Å². The van der Waals surface area contributed by atoms with Crippen LogP contribution in [-0.4, -0.2) is 15.5 Å². The first-order chi connectivity index (χ1) is 13.2. The van der Waals surface area contributed by atoms with Crippen LogP contribution in [0.3, 0.4) is 0 Å². The Hall–Kier alpha value is -3.25. The molecule has 4 rings (SSSR count). The van der Waals surface area contributed by atoms with Crippen molar-refractivity contribution < 1.29 is 9.18 Å². The third-order valence-corrected chi connectivity index (χ3v) is 4.95. The van der Waals surface area contributed by atoms with Crippen LogP contribution >= 0.6 is 11.3 Å². The van der Waals surface area contributed by atoms with Crippen LogP contribution in [0, 0.1) is 5.82 Å². The largest absolute Gasteiger partial charge is 0.345 e. The standard InChI is InChI=1S/C21H16FN3OS/c22-17-9-3-1-7-15(17)21-24-19(14-27-21)16-8-2-4-10-18(16)23-20(26)13-25-11-5-6-12-25/h1-12,14H,13H2,(H,23,26). The molecule has 0 fully saturated rings. The Labute approximate surface area is 159 Å². The maximum absolute atomic E-state index is 14.0. The van der Waals surface area contributed by atoms with Gasteiger partial charge in [0.1, 0.15) is 17.4 Å².